The van der Waals surface area contributed by atoms with Gasteiger partial charge < -0.3 is 0 Å². The molecule has 7 nitrogen and oxygen atoms in total. The fraction of sp³-hybridized carbons (Fsp3) is 0.0862. The molecule has 0 fully saturated rings. The minimum atomic E-state index is 0.604. The molecule has 7 aromatic carbocycles. The number of rotatable bonds is 9. The molecule has 3 aromatic heterocycles. The van der Waals surface area contributed by atoms with E-state index in [1.807, 2.05) is 84.9 Å². The zero-order chi connectivity index (χ0) is 44.4. The van der Waals surface area contributed by atoms with E-state index in [9.17, 15) is 0 Å². The van der Waals surface area contributed by atoms with Crippen molar-refractivity contribution in [2.24, 2.45) is 0 Å². The fourth-order valence-corrected chi connectivity index (χ4v) is 8.36. The van der Waals surface area contributed by atoms with Crippen LogP contribution in [0.25, 0.3) is 102 Å². The van der Waals surface area contributed by atoms with E-state index in [4.69, 9.17) is 34.9 Å². The molecular weight excluding hydrogens is 795 g/mol. The lowest BCUT2D eigenvalue weighted by molar-refractivity contribution is 1.07. The first-order valence-electron chi connectivity index (χ1n) is 21.8. The molecule has 7 heteroatoms. The predicted octanol–water partition coefficient (Wildman–Crippen LogP) is 14.0. The summed E-state index contributed by atoms with van der Waals surface area (Å²) in [4.78, 5) is 35.5. The van der Waals surface area contributed by atoms with E-state index < -0.39 is 0 Å². The predicted molar refractivity (Wildman–Crippen MR) is 264 cm³/mol. The molecule has 0 aliphatic rings. The van der Waals surface area contributed by atoms with Crippen LogP contribution in [-0.2, 0) is 0 Å². The molecular formula is C58H45N7. The van der Waals surface area contributed by atoms with Gasteiger partial charge >= 0.3 is 0 Å². The minimum Gasteiger partial charge on any atom is -0.253 e. The molecule has 0 bridgehead atoms. The van der Waals surface area contributed by atoms with Crippen molar-refractivity contribution in [3.8, 4) is 102 Å². The first-order valence-corrected chi connectivity index (χ1v) is 21.8. The van der Waals surface area contributed by atoms with Gasteiger partial charge in [0, 0.05) is 44.6 Å². The van der Waals surface area contributed by atoms with E-state index in [-0.39, 0.29) is 0 Å². The average molecular weight is 840 g/mol. The maximum atomic E-state index is 5.22. The van der Waals surface area contributed by atoms with Gasteiger partial charge in [0.25, 0.3) is 0 Å². The summed E-state index contributed by atoms with van der Waals surface area (Å²) >= 11 is 0. The van der Waals surface area contributed by atoms with Gasteiger partial charge in [-0.05, 0) is 91.3 Å². The zero-order valence-electron chi connectivity index (χ0n) is 37.0. The average Bonchev–Trinajstić information content (AvgIpc) is 3.35. The van der Waals surface area contributed by atoms with Crippen molar-refractivity contribution in [2.45, 2.75) is 34.6 Å². The van der Waals surface area contributed by atoms with Gasteiger partial charge in [0.15, 0.2) is 34.9 Å². The molecule has 0 saturated heterocycles. The molecule has 3 heterocycles. The maximum absolute atomic E-state index is 5.22. The second-order valence-electron chi connectivity index (χ2n) is 16.4. The molecule has 0 N–H and O–H groups in total. The number of aromatic nitrogens is 7. The Morgan fingerprint density at radius 3 is 1.15 bits per heavy atom. The molecule has 0 saturated carbocycles. The van der Waals surface area contributed by atoms with E-state index in [1.165, 1.54) is 5.56 Å². The lowest BCUT2D eigenvalue weighted by Gasteiger charge is -2.18. The van der Waals surface area contributed by atoms with Crippen LogP contribution in [0.1, 0.15) is 27.9 Å². The summed E-state index contributed by atoms with van der Waals surface area (Å²) in [7, 11) is 0. The van der Waals surface area contributed by atoms with Crippen molar-refractivity contribution in [3.63, 3.8) is 0 Å². The van der Waals surface area contributed by atoms with Crippen LogP contribution in [0.5, 0.6) is 0 Å². The van der Waals surface area contributed by atoms with E-state index in [0.717, 1.165) is 89.3 Å². The Bertz CT molecular complexity index is 3240. The molecule has 0 unspecified atom stereocenters. The van der Waals surface area contributed by atoms with Crippen molar-refractivity contribution in [1.29, 1.82) is 0 Å². The van der Waals surface area contributed by atoms with E-state index in [2.05, 4.69) is 132 Å². The summed E-state index contributed by atoms with van der Waals surface area (Å²) in [5.41, 5.74) is 17.2. The van der Waals surface area contributed by atoms with E-state index in [1.54, 1.807) is 0 Å². The van der Waals surface area contributed by atoms with Gasteiger partial charge in [-0.2, -0.15) is 0 Å². The second-order valence-corrected chi connectivity index (χ2v) is 16.4. The summed E-state index contributed by atoms with van der Waals surface area (Å²) < 4.78 is 0. The number of nitrogens with zero attached hydrogens (tertiary/aromatic N) is 7. The minimum absolute atomic E-state index is 0.604. The Hall–Kier alpha value is -8.29. The Balaban J connectivity index is 1.11. The Morgan fingerprint density at radius 2 is 0.631 bits per heavy atom. The van der Waals surface area contributed by atoms with E-state index in [0.29, 0.717) is 34.9 Å². The monoisotopic (exact) mass is 839 g/mol. The molecule has 0 spiro atoms. The van der Waals surface area contributed by atoms with Crippen LogP contribution in [0.3, 0.4) is 0 Å². The van der Waals surface area contributed by atoms with Crippen molar-refractivity contribution in [3.05, 3.63) is 210 Å². The third kappa shape index (κ3) is 8.23. The molecule has 0 amide bonds. The number of hydrogen-bond acceptors (Lipinski definition) is 7. The molecule has 10 aromatic rings. The van der Waals surface area contributed by atoms with Gasteiger partial charge in [-0.3, -0.25) is 4.98 Å². The van der Waals surface area contributed by atoms with Crippen LogP contribution in [0.4, 0.5) is 0 Å². The Kier molecular flexibility index (Phi) is 11.0. The van der Waals surface area contributed by atoms with Crippen LogP contribution in [-0.4, -0.2) is 34.9 Å². The number of pyridine rings is 1. The largest absolute Gasteiger partial charge is 0.253 e. The number of benzene rings is 7. The van der Waals surface area contributed by atoms with Crippen molar-refractivity contribution in [2.75, 3.05) is 0 Å². The summed E-state index contributed by atoms with van der Waals surface area (Å²) in [6.07, 6.45) is 0. The van der Waals surface area contributed by atoms with Crippen molar-refractivity contribution >= 4 is 0 Å². The number of aryl methyl sites for hydroxylation is 4. The second kappa shape index (κ2) is 17.5. The highest BCUT2D eigenvalue weighted by atomic mass is 15.0. The smallest absolute Gasteiger partial charge is 0.164 e. The SMILES string of the molecule is Cc1cc(C)c(C)c(-c2cc(-c3ccc(-c4nc(-c5ccccc5)nc(-c5ccccc5)n4)cc3)ccc2-c2ccccc2-c2nc(-c3ccccc3C)nc(-c3ccccc3C)n2)n1. The maximum Gasteiger partial charge on any atom is 0.164 e. The van der Waals surface area contributed by atoms with Crippen LogP contribution in [0.2, 0.25) is 0 Å². The van der Waals surface area contributed by atoms with Gasteiger partial charge in [-0.1, -0.05) is 170 Å². The fourth-order valence-electron chi connectivity index (χ4n) is 8.36. The lowest BCUT2D eigenvalue weighted by atomic mass is 9.88. The standard InChI is InChI=1S/C58H45N7/c1-36-18-12-14-24-46(36)56-63-57(47-25-15-13-19-37(47)2)65-58(64-56)50-27-17-16-26-48(50)49-33-32-45(35-51(49)52-40(5)38(3)34-39(4)59-52)41-28-30-44(31-29-41)55-61-53(42-20-8-6-9-21-42)60-54(62-55)43-22-10-7-11-23-43/h6-35H,1-5H3. The molecule has 0 aliphatic heterocycles. The van der Waals surface area contributed by atoms with Gasteiger partial charge in [-0.25, -0.2) is 29.9 Å². The molecule has 312 valence electrons. The highest BCUT2D eigenvalue weighted by molar-refractivity contribution is 5.93. The Morgan fingerprint density at radius 1 is 0.246 bits per heavy atom. The van der Waals surface area contributed by atoms with Crippen LogP contribution in [0, 0.1) is 34.6 Å². The summed E-state index contributed by atoms with van der Waals surface area (Å²) in [6.45, 7) is 10.6. The number of hydrogen-bond donors (Lipinski definition) is 0. The van der Waals surface area contributed by atoms with Crippen LogP contribution < -0.4 is 0 Å². The molecule has 0 aliphatic carbocycles. The van der Waals surface area contributed by atoms with Gasteiger partial charge in [0.05, 0.1) is 5.69 Å². The molecule has 0 radical (unpaired) electrons. The van der Waals surface area contributed by atoms with Crippen molar-refractivity contribution in [1.82, 2.24) is 34.9 Å². The van der Waals surface area contributed by atoms with Gasteiger partial charge in [0.1, 0.15) is 0 Å². The highest BCUT2D eigenvalue weighted by Crippen LogP contribution is 2.41. The van der Waals surface area contributed by atoms with Crippen molar-refractivity contribution < 1.29 is 0 Å². The summed E-state index contributed by atoms with van der Waals surface area (Å²) in [5.74, 6) is 3.75. The zero-order valence-corrected chi connectivity index (χ0v) is 37.0. The Labute approximate surface area is 379 Å². The quantitative estimate of drug-likeness (QED) is 0.143. The summed E-state index contributed by atoms with van der Waals surface area (Å²) in [5, 5.41) is 0. The first-order chi connectivity index (χ1) is 31.8. The van der Waals surface area contributed by atoms with Crippen LogP contribution in [0.15, 0.2) is 182 Å². The van der Waals surface area contributed by atoms with Gasteiger partial charge in [-0.15, -0.1) is 0 Å². The lowest BCUT2D eigenvalue weighted by Crippen LogP contribution is -2.03. The van der Waals surface area contributed by atoms with Crippen LogP contribution >= 0.6 is 0 Å². The third-order valence-corrected chi connectivity index (χ3v) is 12.0. The molecule has 65 heavy (non-hydrogen) atoms. The van der Waals surface area contributed by atoms with Gasteiger partial charge in [0.2, 0.25) is 0 Å². The third-order valence-electron chi connectivity index (χ3n) is 12.0. The summed E-state index contributed by atoms with van der Waals surface area (Å²) in [6, 6.07) is 62.3. The van der Waals surface area contributed by atoms with E-state index >= 15 is 0 Å². The highest BCUT2D eigenvalue weighted by Gasteiger charge is 2.21. The molecule has 0 atom stereocenters. The first kappa shape index (κ1) is 40.8. The topological polar surface area (TPSA) is 90.2 Å². The molecule has 10 rings (SSSR count). The normalized spacial score (nSPS) is 11.2.